The van der Waals surface area contributed by atoms with E-state index in [2.05, 4.69) is 10.6 Å². The average molecular weight is 265 g/mol. The number of nitrogens with zero attached hydrogens (tertiary/aromatic N) is 1. The van der Waals surface area contributed by atoms with E-state index in [0.717, 1.165) is 19.4 Å². The minimum absolute atomic E-state index is 0.102. The topological polar surface area (TPSA) is 104 Å². The number of aromatic hydroxyl groups is 1. The maximum Gasteiger partial charge on any atom is 0.296 e. The number of rotatable bonds is 4. The summed E-state index contributed by atoms with van der Waals surface area (Å²) in [5.74, 6) is -0.647. The maximum atomic E-state index is 11.8. The first-order valence-corrected chi connectivity index (χ1v) is 6.07. The Balaban J connectivity index is 2.09. The van der Waals surface area contributed by atoms with Crippen LogP contribution in [0.15, 0.2) is 18.2 Å². The molecular formula is C12H15N3O4. The molecule has 1 atom stereocenters. The Hall–Kier alpha value is -2.15. The third-order valence-corrected chi connectivity index (χ3v) is 3.08. The SMILES string of the molecule is O=C(CC1CCCN1)Nc1c(O)cccc1[N+](=O)[O-]. The van der Waals surface area contributed by atoms with Crippen molar-refractivity contribution in [2.45, 2.75) is 25.3 Å². The predicted octanol–water partition coefficient (Wildman–Crippen LogP) is 1.38. The Bertz CT molecular complexity index is 498. The van der Waals surface area contributed by atoms with Crippen LogP contribution in [0, 0.1) is 10.1 Å². The van der Waals surface area contributed by atoms with Crippen molar-refractivity contribution in [2.75, 3.05) is 11.9 Å². The number of anilines is 1. The van der Waals surface area contributed by atoms with E-state index in [0.29, 0.717) is 0 Å². The molecule has 1 saturated heterocycles. The summed E-state index contributed by atoms with van der Waals surface area (Å²) in [5.41, 5.74) is -0.455. The van der Waals surface area contributed by atoms with Gasteiger partial charge in [0.05, 0.1) is 4.92 Å². The van der Waals surface area contributed by atoms with Gasteiger partial charge in [-0.1, -0.05) is 6.07 Å². The number of carbonyl (C=O) groups is 1. The molecule has 0 radical (unpaired) electrons. The van der Waals surface area contributed by atoms with E-state index in [1.54, 1.807) is 0 Å². The molecule has 7 nitrogen and oxygen atoms in total. The van der Waals surface area contributed by atoms with E-state index in [9.17, 15) is 20.0 Å². The van der Waals surface area contributed by atoms with Crippen LogP contribution in [-0.4, -0.2) is 28.5 Å². The van der Waals surface area contributed by atoms with Crippen molar-refractivity contribution in [1.29, 1.82) is 0 Å². The highest BCUT2D eigenvalue weighted by Gasteiger charge is 2.22. The van der Waals surface area contributed by atoms with Gasteiger partial charge < -0.3 is 15.7 Å². The van der Waals surface area contributed by atoms with Crippen LogP contribution in [0.4, 0.5) is 11.4 Å². The van der Waals surface area contributed by atoms with Gasteiger partial charge in [0.1, 0.15) is 5.75 Å². The van der Waals surface area contributed by atoms with Crippen molar-refractivity contribution in [3.05, 3.63) is 28.3 Å². The number of para-hydroxylation sites is 1. The van der Waals surface area contributed by atoms with Crippen molar-refractivity contribution in [2.24, 2.45) is 0 Å². The highest BCUT2D eigenvalue weighted by atomic mass is 16.6. The number of phenols is 1. The number of carbonyl (C=O) groups excluding carboxylic acids is 1. The molecule has 0 bridgehead atoms. The fourth-order valence-corrected chi connectivity index (χ4v) is 2.15. The van der Waals surface area contributed by atoms with E-state index in [1.165, 1.54) is 18.2 Å². The zero-order chi connectivity index (χ0) is 13.8. The number of amides is 1. The molecule has 1 aliphatic rings. The summed E-state index contributed by atoms with van der Waals surface area (Å²) in [7, 11) is 0. The van der Waals surface area contributed by atoms with Gasteiger partial charge in [0.25, 0.3) is 5.69 Å². The van der Waals surface area contributed by atoms with Gasteiger partial charge in [-0.05, 0) is 25.5 Å². The smallest absolute Gasteiger partial charge is 0.296 e. The van der Waals surface area contributed by atoms with Crippen LogP contribution in [0.1, 0.15) is 19.3 Å². The van der Waals surface area contributed by atoms with Crippen LogP contribution >= 0.6 is 0 Å². The van der Waals surface area contributed by atoms with Gasteiger partial charge in [-0.3, -0.25) is 14.9 Å². The zero-order valence-electron chi connectivity index (χ0n) is 10.3. The lowest BCUT2D eigenvalue weighted by Crippen LogP contribution is -2.27. The van der Waals surface area contributed by atoms with Gasteiger partial charge in [-0.2, -0.15) is 0 Å². The molecule has 0 spiro atoms. The first kappa shape index (κ1) is 13.3. The second-order valence-corrected chi connectivity index (χ2v) is 4.47. The molecule has 19 heavy (non-hydrogen) atoms. The number of nitro benzene ring substituents is 1. The lowest BCUT2D eigenvalue weighted by molar-refractivity contribution is -0.384. The van der Waals surface area contributed by atoms with Gasteiger partial charge in [-0.25, -0.2) is 0 Å². The first-order valence-electron chi connectivity index (χ1n) is 6.07. The Kier molecular flexibility index (Phi) is 3.96. The summed E-state index contributed by atoms with van der Waals surface area (Å²) in [6, 6.07) is 4.01. The fraction of sp³-hybridized carbons (Fsp3) is 0.417. The Morgan fingerprint density at radius 1 is 1.58 bits per heavy atom. The van der Waals surface area contributed by atoms with Crippen LogP contribution in [0.2, 0.25) is 0 Å². The molecule has 1 fully saturated rings. The zero-order valence-corrected chi connectivity index (χ0v) is 10.3. The molecule has 1 heterocycles. The van der Waals surface area contributed by atoms with Gasteiger partial charge in [0.15, 0.2) is 5.69 Å². The van der Waals surface area contributed by atoms with Crippen molar-refractivity contribution >= 4 is 17.3 Å². The van der Waals surface area contributed by atoms with Gasteiger partial charge in [0.2, 0.25) is 5.91 Å². The van der Waals surface area contributed by atoms with Crippen molar-refractivity contribution in [3.63, 3.8) is 0 Å². The quantitative estimate of drug-likeness (QED) is 0.433. The summed E-state index contributed by atoms with van der Waals surface area (Å²) >= 11 is 0. The maximum absolute atomic E-state index is 11.8. The highest BCUT2D eigenvalue weighted by molar-refractivity contribution is 5.95. The summed E-state index contributed by atoms with van der Waals surface area (Å²) in [4.78, 5) is 22.0. The lowest BCUT2D eigenvalue weighted by Gasteiger charge is -2.11. The van der Waals surface area contributed by atoms with Crippen molar-refractivity contribution < 1.29 is 14.8 Å². The number of benzene rings is 1. The number of nitrogens with one attached hydrogen (secondary N) is 2. The van der Waals surface area contributed by atoms with E-state index in [1.807, 2.05) is 0 Å². The molecule has 1 aromatic rings. The second kappa shape index (κ2) is 5.66. The van der Waals surface area contributed by atoms with E-state index in [-0.39, 0.29) is 35.5 Å². The Labute approximate surface area is 109 Å². The molecule has 1 amide bonds. The third kappa shape index (κ3) is 3.19. The number of nitro groups is 1. The number of hydrogen-bond donors (Lipinski definition) is 3. The Morgan fingerprint density at radius 2 is 2.37 bits per heavy atom. The largest absolute Gasteiger partial charge is 0.505 e. The van der Waals surface area contributed by atoms with E-state index in [4.69, 9.17) is 0 Å². The summed E-state index contributed by atoms with van der Waals surface area (Å²) in [6.45, 7) is 0.884. The monoisotopic (exact) mass is 265 g/mol. The second-order valence-electron chi connectivity index (χ2n) is 4.47. The molecule has 0 aromatic heterocycles. The number of phenolic OH excluding ortho intramolecular Hbond substituents is 1. The van der Waals surface area contributed by atoms with Crippen LogP contribution < -0.4 is 10.6 Å². The predicted molar refractivity (Wildman–Crippen MR) is 69.0 cm³/mol. The molecular weight excluding hydrogens is 250 g/mol. The summed E-state index contributed by atoms with van der Waals surface area (Å²) in [5, 5.41) is 26.0. The van der Waals surface area contributed by atoms with Gasteiger partial charge >= 0.3 is 0 Å². The Morgan fingerprint density at radius 3 is 3.00 bits per heavy atom. The third-order valence-electron chi connectivity index (χ3n) is 3.08. The number of hydrogen-bond acceptors (Lipinski definition) is 5. The van der Waals surface area contributed by atoms with Gasteiger partial charge in [-0.15, -0.1) is 0 Å². The molecule has 0 aliphatic carbocycles. The first-order chi connectivity index (χ1) is 9.08. The van der Waals surface area contributed by atoms with Crippen LogP contribution in [0.3, 0.4) is 0 Å². The molecule has 7 heteroatoms. The lowest BCUT2D eigenvalue weighted by atomic mass is 10.1. The van der Waals surface area contributed by atoms with Gasteiger partial charge in [0, 0.05) is 18.5 Å². The molecule has 102 valence electrons. The van der Waals surface area contributed by atoms with Crippen LogP contribution in [0.5, 0.6) is 5.75 Å². The minimum atomic E-state index is -0.636. The molecule has 2 rings (SSSR count). The van der Waals surface area contributed by atoms with Crippen LogP contribution in [-0.2, 0) is 4.79 Å². The van der Waals surface area contributed by atoms with E-state index < -0.39 is 4.92 Å². The normalized spacial score (nSPS) is 18.2. The average Bonchev–Trinajstić information content (AvgIpc) is 2.84. The molecule has 3 N–H and O–H groups in total. The summed E-state index contributed by atoms with van der Waals surface area (Å²) < 4.78 is 0. The molecule has 1 unspecified atom stereocenters. The molecule has 1 aliphatic heterocycles. The minimum Gasteiger partial charge on any atom is -0.505 e. The van der Waals surface area contributed by atoms with E-state index >= 15 is 0 Å². The standard InChI is InChI=1S/C12H15N3O4/c16-10-5-1-4-9(15(18)19)12(10)14-11(17)7-8-3-2-6-13-8/h1,4-5,8,13,16H,2-3,6-7H2,(H,14,17). The highest BCUT2D eigenvalue weighted by Crippen LogP contribution is 2.33. The van der Waals surface area contributed by atoms with Crippen molar-refractivity contribution in [3.8, 4) is 5.75 Å². The molecule has 0 saturated carbocycles. The summed E-state index contributed by atoms with van der Waals surface area (Å²) in [6.07, 6.45) is 2.18. The van der Waals surface area contributed by atoms with Crippen LogP contribution in [0.25, 0.3) is 0 Å². The van der Waals surface area contributed by atoms with Crippen molar-refractivity contribution in [1.82, 2.24) is 5.32 Å². The fourth-order valence-electron chi connectivity index (χ4n) is 2.15. The molecule has 1 aromatic carbocycles.